The molecule has 1 atom stereocenters. The van der Waals surface area contributed by atoms with E-state index in [1.165, 1.54) is 17.0 Å². The maximum Gasteiger partial charge on any atom is 0.316 e. The minimum Gasteiger partial charge on any atom is -0.493 e. The van der Waals surface area contributed by atoms with Crippen molar-refractivity contribution in [3.8, 4) is 23.0 Å². The van der Waals surface area contributed by atoms with Crippen LogP contribution in [0.15, 0.2) is 66.9 Å². The summed E-state index contributed by atoms with van der Waals surface area (Å²) in [5.74, 6) is -0.831. The number of carbonyl (C=O) groups excluding carboxylic acids is 2. The van der Waals surface area contributed by atoms with Crippen LogP contribution < -0.4 is 30.2 Å². The molecule has 43 heavy (non-hydrogen) atoms. The van der Waals surface area contributed by atoms with Gasteiger partial charge in [-0.15, -0.1) is 0 Å². The highest BCUT2D eigenvalue weighted by atomic mass is 19.1. The fourth-order valence-electron chi connectivity index (χ4n) is 5.95. The second kappa shape index (κ2) is 12.3. The van der Waals surface area contributed by atoms with Crippen LogP contribution in [-0.4, -0.2) is 43.6 Å². The van der Waals surface area contributed by atoms with Crippen LogP contribution in [0, 0.1) is 11.7 Å². The fourth-order valence-corrected chi connectivity index (χ4v) is 5.95. The van der Waals surface area contributed by atoms with Gasteiger partial charge in [0.2, 0.25) is 0 Å². The molecule has 9 nitrogen and oxygen atoms in total. The van der Waals surface area contributed by atoms with Crippen LogP contribution in [0.3, 0.4) is 0 Å². The van der Waals surface area contributed by atoms with E-state index in [-0.39, 0.29) is 11.4 Å². The number of halogens is 1. The Hall–Kier alpha value is -4.70. The number of nitrogens with two attached hydrogens (primary N) is 1. The summed E-state index contributed by atoms with van der Waals surface area (Å²) >= 11 is 0. The number of benzene rings is 3. The van der Waals surface area contributed by atoms with E-state index in [2.05, 4.69) is 10.3 Å². The quantitative estimate of drug-likeness (QED) is 0.278. The predicted octanol–water partition coefficient (Wildman–Crippen LogP) is 5.06. The molecular formula is C33H33FN4O5. The van der Waals surface area contributed by atoms with Crippen molar-refractivity contribution in [3.63, 3.8) is 0 Å². The predicted molar refractivity (Wildman–Crippen MR) is 160 cm³/mol. The Bertz CT molecular complexity index is 1670. The van der Waals surface area contributed by atoms with Gasteiger partial charge in [0, 0.05) is 29.4 Å². The molecule has 2 heterocycles. The third kappa shape index (κ3) is 5.83. The highest BCUT2D eigenvalue weighted by Gasteiger charge is 2.34. The Morgan fingerprint density at radius 3 is 2.58 bits per heavy atom. The summed E-state index contributed by atoms with van der Waals surface area (Å²) < 4.78 is 33.4. The number of primary amides is 1. The molecule has 10 heteroatoms. The maximum atomic E-state index is 15.6. The number of amides is 2. The van der Waals surface area contributed by atoms with Crippen molar-refractivity contribution in [1.29, 1.82) is 0 Å². The van der Waals surface area contributed by atoms with Gasteiger partial charge in [0.25, 0.3) is 0 Å². The lowest BCUT2D eigenvalue weighted by atomic mass is 9.99. The second-order valence-electron chi connectivity index (χ2n) is 10.8. The number of carbonyl (C=O) groups is 2. The monoisotopic (exact) mass is 584 g/mol. The lowest BCUT2D eigenvalue weighted by molar-refractivity contribution is -0.136. The fraction of sp³-hybridized carbons (Fsp3) is 0.303. The summed E-state index contributed by atoms with van der Waals surface area (Å²) in [7, 11) is 1.57. The summed E-state index contributed by atoms with van der Waals surface area (Å²) in [5.41, 5.74) is 8.21. The van der Waals surface area contributed by atoms with Gasteiger partial charge in [-0.05, 0) is 80.1 Å². The van der Waals surface area contributed by atoms with Crippen LogP contribution in [-0.2, 0) is 16.0 Å². The molecule has 1 aliphatic carbocycles. The van der Waals surface area contributed by atoms with E-state index in [1.54, 1.807) is 37.6 Å². The maximum absolute atomic E-state index is 15.6. The Labute approximate surface area is 248 Å². The number of methoxy groups -OCH3 is 1. The normalized spacial score (nSPS) is 16.5. The third-order valence-electron chi connectivity index (χ3n) is 8.18. The van der Waals surface area contributed by atoms with Crippen LogP contribution in [0.1, 0.15) is 36.4 Å². The zero-order valence-corrected chi connectivity index (χ0v) is 23.8. The molecule has 6 rings (SSSR count). The van der Waals surface area contributed by atoms with E-state index in [9.17, 15) is 9.59 Å². The zero-order valence-electron chi connectivity index (χ0n) is 23.8. The molecule has 3 aromatic carbocycles. The van der Waals surface area contributed by atoms with E-state index in [0.29, 0.717) is 47.1 Å². The molecule has 222 valence electrons. The van der Waals surface area contributed by atoms with Gasteiger partial charge in [0.05, 0.1) is 25.3 Å². The molecule has 2 amide bonds. The minimum absolute atomic E-state index is 0.0558. The van der Waals surface area contributed by atoms with Crippen molar-refractivity contribution in [3.05, 3.63) is 83.8 Å². The molecule has 0 saturated carbocycles. The number of nitrogens with one attached hydrogen (secondary N) is 1. The summed E-state index contributed by atoms with van der Waals surface area (Å²) in [5, 5.41) is 3.97. The standard InChI is InChI=1S/C33H33FN4O5/c1-41-30-17-24-26(18-31(30)42-19-20-10-13-36-14-11-20)37-15-12-28(24)43-29-9-7-22(16-25(29)34)38(33(40)32(35)39)27-8-6-21-4-2-3-5-23(21)27/h2-5,7,9,12,15-18,20,27,36H,6,8,10-11,13-14,19H2,1H3,(H2,35,39). The molecule has 0 bridgehead atoms. The van der Waals surface area contributed by atoms with Gasteiger partial charge in [-0.1, -0.05) is 24.3 Å². The molecular weight excluding hydrogens is 551 g/mol. The molecule has 2 aliphatic rings. The first-order valence-corrected chi connectivity index (χ1v) is 14.4. The van der Waals surface area contributed by atoms with Crippen LogP contribution >= 0.6 is 0 Å². The van der Waals surface area contributed by atoms with Gasteiger partial charge >= 0.3 is 11.8 Å². The topological polar surface area (TPSA) is 116 Å². The molecule has 1 aromatic heterocycles. The third-order valence-corrected chi connectivity index (χ3v) is 8.18. The molecule has 4 aromatic rings. The molecule has 1 saturated heterocycles. The summed E-state index contributed by atoms with van der Waals surface area (Å²) in [6, 6.07) is 16.6. The van der Waals surface area contributed by atoms with Crippen LogP contribution in [0.2, 0.25) is 0 Å². The van der Waals surface area contributed by atoms with Gasteiger partial charge in [-0.25, -0.2) is 4.39 Å². The number of nitrogens with zero attached hydrogens (tertiary/aromatic N) is 2. The van der Waals surface area contributed by atoms with Crippen molar-refractivity contribution in [2.24, 2.45) is 11.7 Å². The number of ether oxygens (including phenoxy) is 3. The van der Waals surface area contributed by atoms with Crippen molar-refractivity contribution >= 4 is 28.4 Å². The van der Waals surface area contributed by atoms with Crippen LogP contribution in [0.25, 0.3) is 10.9 Å². The summed E-state index contributed by atoms with van der Waals surface area (Å²) in [6.45, 7) is 2.55. The van der Waals surface area contributed by atoms with Gasteiger partial charge in [0.1, 0.15) is 5.75 Å². The van der Waals surface area contributed by atoms with Crippen LogP contribution in [0.5, 0.6) is 23.0 Å². The van der Waals surface area contributed by atoms with Crippen molar-refractivity contribution < 1.29 is 28.2 Å². The SMILES string of the molecule is COc1cc2c(Oc3ccc(N(C(=O)C(N)=O)C4CCc5ccccc54)cc3F)ccnc2cc1OCC1CCNCC1. The lowest BCUT2D eigenvalue weighted by Gasteiger charge is -2.29. The number of anilines is 1. The number of rotatable bonds is 8. The van der Waals surface area contributed by atoms with Gasteiger partial charge < -0.3 is 25.3 Å². The first-order valence-electron chi connectivity index (χ1n) is 14.4. The number of hydrogen-bond donors (Lipinski definition) is 2. The largest absolute Gasteiger partial charge is 0.493 e. The average Bonchev–Trinajstić information content (AvgIpc) is 3.45. The van der Waals surface area contributed by atoms with E-state index in [0.717, 1.165) is 43.5 Å². The Morgan fingerprint density at radius 2 is 1.81 bits per heavy atom. The Morgan fingerprint density at radius 1 is 1.00 bits per heavy atom. The summed E-state index contributed by atoms with van der Waals surface area (Å²) in [4.78, 5) is 30.7. The lowest BCUT2D eigenvalue weighted by Crippen LogP contribution is -2.42. The van der Waals surface area contributed by atoms with Crippen molar-refractivity contribution in [2.45, 2.75) is 31.7 Å². The van der Waals surface area contributed by atoms with Gasteiger partial charge in [-0.3, -0.25) is 19.5 Å². The molecule has 1 unspecified atom stereocenters. The first kappa shape index (κ1) is 28.4. The van der Waals surface area contributed by atoms with Crippen LogP contribution in [0.4, 0.5) is 10.1 Å². The number of aryl methyl sites for hydroxylation is 1. The summed E-state index contributed by atoms with van der Waals surface area (Å²) in [6.07, 6.45) is 5.01. The first-order chi connectivity index (χ1) is 20.9. The van der Waals surface area contributed by atoms with Crippen molar-refractivity contribution in [2.75, 3.05) is 31.7 Å². The molecule has 1 aliphatic heterocycles. The van der Waals surface area contributed by atoms with E-state index in [1.807, 2.05) is 24.3 Å². The van der Waals surface area contributed by atoms with E-state index in [4.69, 9.17) is 19.9 Å². The smallest absolute Gasteiger partial charge is 0.316 e. The van der Waals surface area contributed by atoms with E-state index < -0.39 is 23.7 Å². The highest BCUT2D eigenvalue weighted by Crippen LogP contribution is 2.41. The minimum atomic E-state index is -1.11. The average molecular weight is 585 g/mol. The Balaban J connectivity index is 1.27. The number of aromatic nitrogens is 1. The zero-order chi connectivity index (χ0) is 29.9. The molecule has 0 spiro atoms. The molecule has 3 N–H and O–H groups in total. The second-order valence-corrected chi connectivity index (χ2v) is 10.8. The Kier molecular flexibility index (Phi) is 8.11. The number of piperidine rings is 1. The number of pyridine rings is 1. The van der Waals surface area contributed by atoms with E-state index >= 15 is 4.39 Å². The number of fused-ring (bicyclic) bond motifs is 2. The van der Waals surface area contributed by atoms with Gasteiger partial charge in [0.15, 0.2) is 23.1 Å². The van der Waals surface area contributed by atoms with Gasteiger partial charge in [-0.2, -0.15) is 0 Å². The number of hydrogen-bond acceptors (Lipinski definition) is 7. The molecule has 1 fully saturated rings. The molecule has 0 radical (unpaired) electrons. The van der Waals surface area contributed by atoms with Crippen molar-refractivity contribution in [1.82, 2.24) is 10.3 Å². The highest BCUT2D eigenvalue weighted by molar-refractivity contribution is 6.40.